The first-order valence-electron chi connectivity index (χ1n) is 4.70. The van der Waals surface area contributed by atoms with Crippen LogP contribution in [0.25, 0.3) is 0 Å². The van der Waals surface area contributed by atoms with Crippen LogP contribution in [-0.2, 0) is 11.2 Å². The maximum Gasteiger partial charge on any atom is 0.235 e. The minimum atomic E-state index is -0.197. The van der Waals surface area contributed by atoms with Crippen LogP contribution in [0.15, 0.2) is 23.2 Å². The van der Waals surface area contributed by atoms with E-state index in [-0.39, 0.29) is 11.8 Å². The molecule has 1 aliphatic carbocycles. The van der Waals surface area contributed by atoms with Crippen LogP contribution in [0.3, 0.4) is 0 Å². The summed E-state index contributed by atoms with van der Waals surface area (Å²) in [6, 6.07) is 5.23. The number of benzene rings is 1. The molecule has 3 heteroatoms. The zero-order chi connectivity index (χ0) is 9.97. The van der Waals surface area contributed by atoms with Gasteiger partial charge >= 0.3 is 0 Å². The third kappa shape index (κ3) is 1.42. The summed E-state index contributed by atoms with van der Waals surface area (Å²) in [5.74, 6) is 0.242. The normalized spacial score (nSPS) is 19.6. The van der Waals surface area contributed by atoms with Crippen molar-refractivity contribution in [1.29, 1.82) is 0 Å². The Labute approximate surface area is 82.1 Å². The van der Waals surface area contributed by atoms with Crippen molar-refractivity contribution in [2.75, 3.05) is 0 Å². The highest BCUT2D eigenvalue weighted by Crippen LogP contribution is 2.37. The number of rotatable bonds is 1. The lowest BCUT2D eigenvalue weighted by Gasteiger charge is -2.21. The first-order chi connectivity index (χ1) is 6.83. The van der Waals surface area contributed by atoms with Gasteiger partial charge in [0.1, 0.15) is 5.75 Å². The molecule has 72 valence electrons. The Bertz CT molecular complexity index is 394. The second-order valence-electron chi connectivity index (χ2n) is 3.48. The van der Waals surface area contributed by atoms with Crippen LogP contribution in [-0.4, -0.2) is 11.2 Å². The van der Waals surface area contributed by atoms with Gasteiger partial charge in [0.25, 0.3) is 0 Å². The van der Waals surface area contributed by atoms with E-state index in [9.17, 15) is 9.90 Å². The van der Waals surface area contributed by atoms with Crippen molar-refractivity contribution in [3.05, 3.63) is 29.3 Å². The number of aliphatic imine (C=N–C) groups is 1. The van der Waals surface area contributed by atoms with Crippen LogP contribution in [0, 0.1) is 0 Å². The largest absolute Gasteiger partial charge is 0.508 e. The Morgan fingerprint density at radius 3 is 3.14 bits per heavy atom. The number of isocyanates is 1. The molecule has 1 aliphatic rings. The molecule has 0 fully saturated rings. The molecule has 0 aromatic heterocycles. The van der Waals surface area contributed by atoms with Gasteiger partial charge in [0.2, 0.25) is 6.08 Å². The van der Waals surface area contributed by atoms with Crippen LogP contribution < -0.4 is 0 Å². The van der Waals surface area contributed by atoms with Crippen molar-refractivity contribution < 1.29 is 9.90 Å². The summed E-state index contributed by atoms with van der Waals surface area (Å²) in [4.78, 5) is 13.9. The third-order valence-corrected chi connectivity index (χ3v) is 2.64. The van der Waals surface area contributed by atoms with Gasteiger partial charge in [-0.1, -0.05) is 12.1 Å². The molecule has 14 heavy (non-hydrogen) atoms. The van der Waals surface area contributed by atoms with Crippen molar-refractivity contribution in [3.63, 3.8) is 0 Å². The lowest BCUT2D eigenvalue weighted by atomic mass is 9.87. The Hall–Kier alpha value is -1.60. The summed E-state index contributed by atoms with van der Waals surface area (Å²) < 4.78 is 0. The quantitative estimate of drug-likeness (QED) is 0.543. The highest BCUT2D eigenvalue weighted by atomic mass is 16.3. The topological polar surface area (TPSA) is 49.7 Å². The van der Waals surface area contributed by atoms with Gasteiger partial charge in [-0.05, 0) is 30.9 Å². The summed E-state index contributed by atoms with van der Waals surface area (Å²) >= 11 is 0. The van der Waals surface area contributed by atoms with Crippen LogP contribution in [0.5, 0.6) is 5.75 Å². The summed E-state index contributed by atoms with van der Waals surface area (Å²) in [5, 5.41) is 9.66. The predicted octanol–water partition coefficient (Wildman–Crippen LogP) is 2.11. The third-order valence-electron chi connectivity index (χ3n) is 2.64. The first-order valence-corrected chi connectivity index (χ1v) is 4.70. The fourth-order valence-corrected chi connectivity index (χ4v) is 2.03. The second kappa shape index (κ2) is 3.64. The van der Waals surface area contributed by atoms with Gasteiger partial charge in [-0.2, -0.15) is 4.99 Å². The average molecular weight is 189 g/mol. The molecule has 1 aromatic rings. The molecule has 0 saturated heterocycles. The van der Waals surface area contributed by atoms with E-state index in [0.29, 0.717) is 0 Å². The number of aryl methyl sites for hydroxylation is 1. The van der Waals surface area contributed by atoms with Gasteiger partial charge < -0.3 is 5.11 Å². The fourth-order valence-electron chi connectivity index (χ4n) is 2.03. The first kappa shape index (κ1) is 8.97. The van der Waals surface area contributed by atoms with Crippen LogP contribution in [0.4, 0.5) is 0 Å². The van der Waals surface area contributed by atoms with E-state index in [0.717, 1.165) is 30.4 Å². The summed E-state index contributed by atoms with van der Waals surface area (Å²) in [6.45, 7) is 0. The number of fused-ring (bicyclic) bond motifs is 1. The van der Waals surface area contributed by atoms with E-state index in [1.807, 2.05) is 12.1 Å². The monoisotopic (exact) mass is 189 g/mol. The van der Waals surface area contributed by atoms with Gasteiger partial charge in [0.05, 0.1) is 6.04 Å². The number of aromatic hydroxyl groups is 1. The maximum atomic E-state index is 10.2. The molecule has 1 unspecified atom stereocenters. The standard InChI is InChI=1S/C11H11NO2/c13-7-12-9-5-1-3-8-4-2-6-10(14)11(8)9/h2,4,6,9,14H,1,3,5H2. The molecule has 0 bridgehead atoms. The SMILES string of the molecule is O=C=NC1CCCc2cccc(O)c21. The van der Waals surface area contributed by atoms with Crippen molar-refractivity contribution in [2.24, 2.45) is 4.99 Å². The van der Waals surface area contributed by atoms with Crippen molar-refractivity contribution in [3.8, 4) is 5.75 Å². The number of nitrogens with zero attached hydrogens (tertiary/aromatic N) is 1. The summed E-state index contributed by atoms with van der Waals surface area (Å²) in [6.07, 6.45) is 4.35. The molecule has 1 atom stereocenters. The van der Waals surface area contributed by atoms with Gasteiger partial charge in [0.15, 0.2) is 0 Å². The smallest absolute Gasteiger partial charge is 0.235 e. The van der Waals surface area contributed by atoms with Gasteiger partial charge in [0, 0.05) is 5.56 Å². The lowest BCUT2D eigenvalue weighted by Crippen LogP contribution is -2.07. The predicted molar refractivity (Wildman–Crippen MR) is 51.9 cm³/mol. The van der Waals surface area contributed by atoms with E-state index in [4.69, 9.17) is 0 Å². The average Bonchev–Trinajstić information content (AvgIpc) is 2.19. The van der Waals surface area contributed by atoms with E-state index in [1.165, 1.54) is 0 Å². The van der Waals surface area contributed by atoms with Crippen molar-refractivity contribution in [1.82, 2.24) is 0 Å². The van der Waals surface area contributed by atoms with E-state index >= 15 is 0 Å². The van der Waals surface area contributed by atoms with E-state index < -0.39 is 0 Å². The number of carbonyl (C=O) groups excluding carboxylic acids is 1. The Morgan fingerprint density at radius 1 is 1.50 bits per heavy atom. The van der Waals surface area contributed by atoms with Gasteiger partial charge in [-0.3, -0.25) is 0 Å². The zero-order valence-electron chi connectivity index (χ0n) is 7.73. The molecule has 1 N–H and O–H groups in total. The molecular formula is C11H11NO2. The molecular weight excluding hydrogens is 178 g/mol. The van der Waals surface area contributed by atoms with E-state index in [2.05, 4.69) is 4.99 Å². The van der Waals surface area contributed by atoms with Crippen molar-refractivity contribution >= 4 is 6.08 Å². The number of phenolic OH excluding ortho intramolecular Hbond substituents is 1. The Balaban J connectivity index is 2.51. The van der Waals surface area contributed by atoms with E-state index in [1.54, 1.807) is 12.1 Å². The summed E-state index contributed by atoms with van der Waals surface area (Å²) in [7, 11) is 0. The Morgan fingerprint density at radius 2 is 2.36 bits per heavy atom. The lowest BCUT2D eigenvalue weighted by molar-refractivity contribution is 0.447. The number of phenols is 1. The molecule has 0 amide bonds. The zero-order valence-corrected chi connectivity index (χ0v) is 7.73. The molecule has 3 nitrogen and oxygen atoms in total. The van der Waals surface area contributed by atoms with Crippen LogP contribution in [0.2, 0.25) is 0 Å². The summed E-state index contributed by atoms with van der Waals surface area (Å²) in [5.41, 5.74) is 1.90. The van der Waals surface area contributed by atoms with Gasteiger partial charge in [-0.25, -0.2) is 4.79 Å². The fraction of sp³-hybridized carbons (Fsp3) is 0.364. The molecule has 0 spiro atoms. The highest BCUT2D eigenvalue weighted by Gasteiger charge is 2.22. The van der Waals surface area contributed by atoms with Crippen molar-refractivity contribution in [2.45, 2.75) is 25.3 Å². The molecule has 2 rings (SSSR count). The Kier molecular flexibility index (Phi) is 2.33. The number of hydrogen-bond donors (Lipinski definition) is 1. The molecule has 1 aromatic carbocycles. The second-order valence-corrected chi connectivity index (χ2v) is 3.48. The molecule has 0 heterocycles. The molecule has 0 aliphatic heterocycles. The maximum absolute atomic E-state index is 10.2. The minimum absolute atomic E-state index is 0.197. The van der Waals surface area contributed by atoms with Crippen LogP contribution >= 0.6 is 0 Å². The highest BCUT2D eigenvalue weighted by molar-refractivity contribution is 5.45. The molecule has 0 radical (unpaired) electrons. The van der Waals surface area contributed by atoms with Gasteiger partial charge in [-0.15, -0.1) is 0 Å². The molecule has 0 saturated carbocycles. The van der Waals surface area contributed by atoms with Crippen LogP contribution in [0.1, 0.15) is 30.0 Å². The number of hydrogen-bond acceptors (Lipinski definition) is 3. The minimum Gasteiger partial charge on any atom is -0.508 e.